The number of halogens is 1. The summed E-state index contributed by atoms with van der Waals surface area (Å²) >= 11 is 1.81. The minimum absolute atomic E-state index is 0.0319. The zero-order valence-corrected chi connectivity index (χ0v) is 11.5. The molecule has 0 bridgehead atoms. The second-order valence-corrected chi connectivity index (χ2v) is 5.64. The van der Waals surface area contributed by atoms with E-state index >= 15 is 0 Å². The van der Waals surface area contributed by atoms with E-state index in [1.54, 1.807) is 11.8 Å². The van der Waals surface area contributed by atoms with Crippen molar-refractivity contribution in [3.63, 3.8) is 0 Å². The third-order valence-electron chi connectivity index (χ3n) is 3.32. The first-order valence-electron chi connectivity index (χ1n) is 6.10. The number of rotatable bonds is 4. The molecular formula is C12H17FN4OS. The van der Waals surface area contributed by atoms with Gasteiger partial charge in [0.05, 0.1) is 5.56 Å². The molecule has 1 aliphatic rings. The highest BCUT2D eigenvalue weighted by Crippen LogP contribution is 2.28. The van der Waals surface area contributed by atoms with Crippen LogP contribution in [0.15, 0.2) is 12.3 Å². The van der Waals surface area contributed by atoms with Crippen LogP contribution >= 0.6 is 11.8 Å². The average Bonchev–Trinajstić information content (AvgIpc) is 2.86. The normalized spacial score (nSPS) is 22.3. The molecule has 1 fully saturated rings. The molecule has 7 heteroatoms. The standard InChI is InChI=1S/C12H17FN4OS/c1-19-8-3-2-7(6-8)16-12(18)9-4-5-15-11(17-14)10(9)13/h4-5,7-8H,2-3,6,14H2,1H3,(H,15,17)(H,16,18). The summed E-state index contributed by atoms with van der Waals surface area (Å²) in [7, 11) is 0. The van der Waals surface area contributed by atoms with E-state index < -0.39 is 11.7 Å². The Morgan fingerprint density at radius 2 is 2.37 bits per heavy atom. The molecule has 0 radical (unpaired) electrons. The summed E-state index contributed by atoms with van der Waals surface area (Å²) in [5, 5.41) is 3.44. The van der Waals surface area contributed by atoms with Gasteiger partial charge >= 0.3 is 0 Å². The molecule has 0 aliphatic heterocycles. The number of carbonyl (C=O) groups is 1. The van der Waals surface area contributed by atoms with Gasteiger partial charge in [-0.25, -0.2) is 15.2 Å². The molecule has 1 amide bonds. The Hall–Kier alpha value is -1.34. The van der Waals surface area contributed by atoms with Gasteiger partial charge in [0.25, 0.3) is 5.91 Å². The first-order chi connectivity index (χ1) is 9.15. The van der Waals surface area contributed by atoms with Crippen LogP contribution in [0.4, 0.5) is 10.2 Å². The number of aromatic nitrogens is 1. The number of thioether (sulfide) groups is 1. The number of nitrogens with one attached hydrogen (secondary N) is 2. The maximum absolute atomic E-state index is 13.9. The molecule has 0 saturated heterocycles. The van der Waals surface area contributed by atoms with E-state index in [1.165, 1.54) is 12.3 Å². The predicted octanol–water partition coefficient (Wildman–Crippen LogP) is 1.52. The highest BCUT2D eigenvalue weighted by molar-refractivity contribution is 7.99. The van der Waals surface area contributed by atoms with Gasteiger partial charge in [-0.15, -0.1) is 0 Å². The van der Waals surface area contributed by atoms with Crippen LogP contribution in [0.5, 0.6) is 0 Å². The van der Waals surface area contributed by atoms with Crippen LogP contribution in [0.3, 0.4) is 0 Å². The van der Waals surface area contributed by atoms with Gasteiger partial charge in [0, 0.05) is 17.5 Å². The monoisotopic (exact) mass is 284 g/mol. The van der Waals surface area contributed by atoms with Crippen molar-refractivity contribution >= 4 is 23.5 Å². The lowest BCUT2D eigenvalue weighted by Gasteiger charge is -2.13. The van der Waals surface area contributed by atoms with Gasteiger partial charge in [-0.3, -0.25) is 4.79 Å². The lowest BCUT2D eigenvalue weighted by molar-refractivity contribution is 0.0934. The molecule has 1 aromatic rings. The number of carbonyl (C=O) groups excluding carboxylic acids is 1. The molecule has 1 aromatic heterocycles. The van der Waals surface area contributed by atoms with Crippen LogP contribution in [-0.4, -0.2) is 28.4 Å². The fraction of sp³-hybridized carbons (Fsp3) is 0.500. The van der Waals surface area contributed by atoms with Gasteiger partial charge in [-0.05, 0) is 31.6 Å². The van der Waals surface area contributed by atoms with E-state index in [0.717, 1.165) is 19.3 Å². The van der Waals surface area contributed by atoms with Crippen molar-refractivity contribution in [3.8, 4) is 0 Å². The minimum atomic E-state index is -0.720. The Labute approximate surface area is 115 Å². The summed E-state index contributed by atoms with van der Waals surface area (Å²) in [5.74, 6) is 3.87. The SMILES string of the molecule is CSC1CCC(NC(=O)c2ccnc(NN)c2F)C1. The first kappa shape index (κ1) is 14.1. The van der Waals surface area contributed by atoms with E-state index in [1.807, 2.05) is 0 Å². The molecule has 104 valence electrons. The molecular weight excluding hydrogens is 267 g/mol. The summed E-state index contributed by atoms with van der Waals surface area (Å²) in [6.45, 7) is 0. The first-order valence-corrected chi connectivity index (χ1v) is 7.39. The highest BCUT2D eigenvalue weighted by Gasteiger charge is 2.26. The second-order valence-electron chi connectivity index (χ2n) is 4.51. The van der Waals surface area contributed by atoms with Crippen molar-refractivity contribution in [2.75, 3.05) is 11.7 Å². The van der Waals surface area contributed by atoms with Crippen molar-refractivity contribution in [3.05, 3.63) is 23.6 Å². The fourth-order valence-corrected chi connectivity index (χ4v) is 3.06. The van der Waals surface area contributed by atoms with Crippen LogP contribution in [0.1, 0.15) is 29.6 Å². The van der Waals surface area contributed by atoms with Gasteiger partial charge in [-0.2, -0.15) is 11.8 Å². The van der Waals surface area contributed by atoms with Crippen molar-refractivity contribution in [1.29, 1.82) is 0 Å². The van der Waals surface area contributed by atoms with Gasteiger partial charge in [-0.1, -0.05) is 0 Å². The van der Waals surface area contributed by atoms with Crippen LogP contribution in [-0.2, 0) is 0 Å². The van der Waals surface area contributed by atoms with E-state index in [-0.39, 0.29) is 17.4 Å². The Morgan fingerprint density at radius 1 is 1.58 bits per heavy atom. The number of amides is 1. The van der Waals surface area contributed by atoms with Gasteiger partial charge in [0.15, 0.2) is 11.6 Å². The summed E-state index contributed by atoms with van der Waals surface area (Å²) in [4.78, 5) is 15.7. The molecule has 19 heavy (non-hydrogen) atoms. The van der Waals surface area contributed by atoms with Crippen molar-refractivity contribution in [2.45, 2.75) is 30.6 Å². The smallest absolute Gasteiger partial charge is 0.254 e. The molecule has 1 aliphatic carbocycles. The number of hydrogen-bond acceptors (Lipinski definition) is 5. The van der Waals surface area contributed by atoms with Crippen molar-refractivity contribution in [1.82, 2.24) is 10.3 Å². The Morgan fingerprint density at radius 3 is 3.00 bits per heavy atom. The Balaban J connectivity index is 2.04. The molecule has 1 saturated carbocycles. The molecule has 2 rings (SSSR count). The topological polar surface area (TPSA) is 80.0 Å². The van der Waals surface area contributed by atoms with Gasteiger partial charge < -0.3 is 10.7 Å². The predicted molar refractivity (Wildman–Crippen MR) is 74.4 cm³/mol. The maximum Gasteiger partial charge on any atom is 0.254 e. The van der Waals surface area contributed by atoms with Crippen molar-refractivity contribution < 1.29 is 9.18 Å². The summed E-state index contributed by atoms with van der Waals surface area (Å²) in [6, 6.07) is 1.47. The van der Waals surface area contributed by atoms with Crippen molar-refractivity contribution in [2.24, 2.45) is 5.84 Å². The zero-order valence-electron chi connectivity index (χ0n) is 10.6. The maximum atomic E-state index is 13.9. The van der Waals surface area contributed by atoms with Gasteiger partial charge in [0.1, 0.15) is 0 Å². The van der Waals surface area contributed by atoms with Gasteiger partial charge in [0.2, 0.25) is 0 Å². The second kappa shape index (κ2) is 6.21. The number of anilines is 1. The average molecular weight is 284 g/mol. The minimum Gasteiger partial charge on any atom is -0.349 e. The largest absolute Gasteiger partial charge is 0.349 e. The molecule has 2 unspecified atom stereocenters. The number of nitrogens with zero attached hydrogens (tertiary/aromatic N) is 1. The fourth-order valence-electron chi connectivity index (χ4n) is 2.27. The van der Waals surface area contributed by atoms with E-state index in [9.17, 15) is 9.18 Å². The number of hydrazine groups is 1. The number of nitrogen functional groups attached to an aromatic ring is 1. The summed E-state index contributed by atoms with van der Waals surface area (Å²) < 4.78 is 13.9. The molecule has 4 N–H and O–H groups in total. The molecule has 5 nitrogen and oxygen atoms in total. The summed E-state index contributed by atoms with van der Waals surface area (Å²) in [5.41, 5.74) is 2.10. The molecule has 0 aromatic carbocycles. The number of nitrogens with two attached hydrogens (primary N) is 1. The van der Waals surface area contributed by atoms with Crippen LogP contribution in [0.25, 0.3) is 0 Å². The van der Waals surface area contributed by atoms with E-state index in [0.29, 0.717) is 5.25 Å². The number of pyridine rings is 1. The van der Waals surface area contributed by atoms with Crippen LogP contribution in [0.2, 0.25) is 0 Å². The molecule has 1 heterocycles. The number of hydrogen-bond donors (Lipinski definition) is 3. The lowest BCUT2D eigenvalue weighted by atomic mass is 10.2. The van der Waals surface area contributed by atoms with Crippen LogP contribution < -0.4 is 16.6 Å². The van der Waals surface area contributed by atoms with E-state index in [4.69, 9.17) is 5.84 Å². The zero-order chi connectivity index (χ0) is 13.8. The summed E-state index contributed by atoms with van der Waals surface area (Å²) in [6.07, 6.45) is 6.37. The third kappa shape index (κ3) is 3.16. The highest BCUT2D eigenvalue weighted by atomic mass is 32.2. The quantitative estimate of drug-likeness (QED) is 0.577. The molecule has 0 spiro atoms. The Kier molecular flexibility index (Phi) is 4.60. The Bertz CT molecular complexity index is 471. The lowest BCUT2D eigenvalue weighted by Crippen LogP contribution is -2.34. The van der Waals surface area contributed by atoms with E-state index in [2.05, 4.69) is 22.0 Å². The molecule has 2 atom stereocenters. The van der Waals surface area contributed by atoms with Crippen LogP contribution in [0, 0.1) is 5.82 Å². The third-order valence-corrected chi connectivity index (χ3v) is 4.42.